The fraction of sp³-hybridized carbons (Fsp3) is 0.929. The van der Waals surface area contributed by atoms with E-state index in [0.29, 0.717) is 12.5 Å². The quantitative estimate of drug-likeness (QED) is 0.115. The molecule has 0 radical (unpaired) electrons. The molecule has 190 valence electrons. The fourth-order valence-electron chi connectivity index (χ4n) is 3.91. The van der Waals surface area contributed by atoms with Crippen LogP contribution in [0.5, 0.6) is 0 Å². The van der Waals surface area contributed by atoms with Crippen LogP contribution < -0.4 is 0 Å². The lowest BCUT2D eigenvalue weighted by atomic mass is 10.0. The second-order valence-corrected chi connectivity index (χ2v) is 9.94. The normalized spacial score (nSPS) is 12.2. The zero-order chi connectivity index (χ0) is 23.9. The summed E-state index contributed by atoms with van der Waals surface area (Å²) in [6.45, 7) is 9.05. The first-order valence-corrected chi connectivity index (χ1v) is 13.8. The van der Waals surface area contributed by atoms with Gasteiger partial charge in [0.05, 0.1) is 25.6 Å². The maximum absolute atomic E-state index is 11.8. The summed E-state index contributed by atoms with van der Waals surface area (Å²) in [6.07, 6.45) is 21.6. The van der Waals surface area contributed by atoms with Crippen molar-refractivity contribution in [2.24, 2.45) is 5.92 Å². The molecule has 0 bridgehead atoms. The van der Waals surface area contributed by atoms with E-state index in [-0.39, 0.29) is 30.9 Å². The number of hydrogen-bond donors (Lipinski definition) is 0. The van der Waals surface area contributed by atoms with Gasteiger partial charge in [-0.25, -0.2) is 0 Å². The number of rotatable bonds is 23. The second-order valence-electron chi connectivity index (χ2n) is 9.94. The summed E-state index contributed by atoms with van der Waals surface area (Å²) in [5.41, 5.74) is 0. The smallest absolute Gasteiger partial charge is 0.306 e. The lowest BCUT2D eigenvalue weighted by Gasteiger charge is -2.13. The van der Waals surface area contributed by atoms with Gasteiger partial charge in [-0.1, -0.05) is 111 Å². The van der Waals surface area contributed by atoms with Crippen LogP contribution in [-0.2, 0) is 19.1 Å². The van der Waals surface area contributed by atoms with Crippen molar-refractivity contribution in [3.8, 4) is 0 Å². The Morgan fingerprint density at radius 1 is 0.594 bits per heavy atom. The number of hydrogen-bond acceptors (Lipinski definition) is 4. The molecule has 1 atom stereocenters. The molecule has 0 aromatic rings. The Hall–Kier alpha value is -1.06. The van der Waals surface area contributed by atoms with E-state index in [2.05, 4.69) is 20.8 Å². The van der Waals surface area contributed by atoms with Crippen molar-refractivity contribution in [2.45, 2.75) is 156 Å². The van der Waals surface area contributed by atoms with Crippen molar-refractivity contribution in [2.75, 3.05) is 6.61 Å². The third-order valence-electron chi connectivity index (χ3n) is 6.02. The number of carbonyl (C=O) groups is 2. The number of esters is 2. The molecule has 0 N–H and O–H groups in total. The molecule has 0 amide bonds. The number of ether oxygens (including phenoxy) is 2. The van der Waals surface area contributed by atoms with Crippen molar-refractivity contribution in [1.29, 1.82) is 0 Å². The zero-order valence-corrected chi connectivity index (χ0v) is 21.9. The first-order chi connectivity index (χ1) is 15.5. The monoisotopic (exact) mass is 454 g/mol. The molecule has 1 unspecified atom stereocenters. The Bertz CT molecular complexity index is 433. The van der Waals surface area contributed by atoms with Crippen molar-refractivity contribution < 1.29 is 19.1 Å². The summed E-state index contributed by atoms with van der Waals surface area (Å²) in [7, 11) is 0. The number of carbonyl (C=O) groups excluding carboxylic acids is 2. The van der Waals surface area contributed by atoms with Gasteiger partial charge in [0.2, 0.25) is 0 Å². The molecule has 32 heavy (non-hydrogen) atoms. The van der Waals surface area contributed by atoms with Crippen molar-refractivity contribution in [3.63, 3.8) is 0 Å². The second kappa shape index (κ2) is 23.1. The molecule has 0 rings (SSSR count). The van der Waals surface area contributed by atoms with Crippen LogP contribution in [0.2, 0.25) is 0 Å². The van der Waals surface area contributed by atoms with E-state index in [4.69, 9.17) is 9.47 Å². The molecular weight excluding hydrogens is 400 g/mol. The van der Waals surface area contributed by atoms with E-state index in [1.54, 1.807) is 0 Å². The van der Waals surface area contributed by atoms with Gasteiger partial charge >= 0.3 is 11.9 Å². The Labute approximate surface area is 199 Å². The van der Waals surface area contributed by atoms with Crippen LogP contribution >= 0.6 is 0 Å². The summed E-state index contributed by atoms with van der Waals surface area (Å²) in [6, 6.07) is 0. The van der Waals surface area contributed by atoms with Crippen LogP contribution in [0.4, 0.5) is 0 Å². The number of unbranched alkanes of at least 4 members (excludes halogenated alkanes) is 13. The van der Waals surface area contributed by atoms with Crippen LogP contribution in [0.15, 0.2) is 0 Å². The summed E-state index contributed by atoms with van der Waals surface area (Å²) in [4.78, 5) is 23.6. The molecular formula is C28H54O4. The molecule has 4 heteroatoms. The van der Waals surface area contributed by atoms with Gasteiger partial charge in [0.25, 0.3) is 0 Å². The fourth-order valence-corrected chi connectivity index (χ4v) is 3.91. The average Bonchev–Trinajstić information content (AvgIpc) is 2.74. The van der Waals surface area contributed by atoms with Gasteiger partial charge in [0.1, 0.15) is 0 Å². The van der Waals surface area contributed by atoms with Crippen LogP contribution in [0, 0.1) is 5.92 Å². The molecule has 0 saturated heterocycles. The van der Waals surface area contributed by atoms with E-state index < -0.39 is 0 Å². The highest BCUT2D eigenvalue weighted by Crippen LogP contribution is 2.13. The third kappa shape index (κ3) is 23.6. The molecule has 0 aliphatic heterocycles. The van der Waals surface area contributed by atoms with Gasteiger partial charge in [-0.05, 0) is 32.1 Å². The highest BCUT2D eigenvalue weighted by Gasteiger charge is 2.12. The first kappa shape index (κ1) is 30.9. The largest absolute Gasteiger partial charge is 0.466 e. The minimum Gasteiger partial charge on any atom is -0.466 e. The lowest BCUT2D eigenvalue weighted by Crippen LogP contribution is -2.16. The van der Waals surface area contributed by atoms with Crippen molar-refractivity contribution in [1.82, 2.24) is 0 Å². The Balaban J connectivity index is 3.38. The van der Waals surface area contributed by atoms with E-state index in [1.807, 2.05) is 6.92 Å². The van der Waals surface area contributed by atoms with Crippen molar-refractivity contribution >= 4 is 11.9 Å². The highest BCUT2D eigenvalue weighted by atomic mass is 16.5. The topological polar surface area (TPSA) is 52.6 Å². The van der Waals surface area contributed by atoms with Crippen LogP contribution in [-0.4, -0.2) is 24.6 Å². The van der Waals surface area contributed by atoms with Gasteiger partial charge in [0, 0.05) is 0 Å². The van der Waals surface area contributed by atoms with E-state index in [1.165, 1.54) is 77.0 Å². The molecule has 0 heterocycles. The highest BCUT2D eigenvalue weighted by molar-refractivity contribution is 5.77. The lowest BCUT2D eigenvalue weighted by molar-refractivity contribution is -0.153. The zero-order valence-electron chi connectivity index (χ0n) is 21.9. The summed E-state index contributed by atoms with van der Waals surface area (Å²) in [5, 5.41) is 0. The SMILES string of the molecule is CCCCCCCCCCCCCCCCOC(=O)CCC(=O)OC(C)CCCC(C)C. The minimum absolute atomic E-state index is 0.0761. The average molecular weight is 455 g/mol. The van der Waals surface area contributed by atoms with Gasteiger partial charge in [-0.15, -0.1) is 0 Å². The molecule has 0 fully saturated rings. The summed E-state index contributed by atoms with van der Waals surface area (Å²) >= 11 is 0. The maximum Gasteiger partial charge on any atom is 0.306 e. The Morgan fingerprint density at radius 2 is 1.06 bits per heavy atom. The van der Waals surface area contributed by atoms with Crippen LogP contribution in [0.1, 0.15) is 150 Å². The molecule has 0 aromatic carbocycles. The van der Waals surface area contributed by atoms with E-state index in [9.17, 15) is 9.59 Å². The predicted octanol–water partition coefficient (Wildman–Crippen LogP) is 8.55. The Morgan fingerprint density at radius 3 is 1.56 bits per heavy atom. The molecule has 0 aliphatic carbocycles. The molecule has 0 spiro atoms. The molecule has 0 aliphatic rings. The molecule has 0 aromatic heterocycles. The van der Waals surface area contributed by atoms with Crippen LogP contribution in [0.3, 0.4) is 0 Å². The Kier molecular flexibility index (Phi) is 22.3. The van der Waals surface area contributed by atoms with E-state index in [0.717, 1.165) is 32.1 Å². The van der Waals surface area contributed by atoms with Gasteiger partial charge in [0.15, 0.2) is 0 Å². The molecule has 4 nitrogen and oxygen atoms in total. The van der Waals surface area contributed by atoms with Crippen molar-refractivity contribution in [3.05, 3.63) is 0 Å². The standard InChI is InChI=1S/C28H54O4/c1-5-6-7-8-9-10-11-12-13-14-15-16-17-18-24-31-27(29)22-23-28(30)32-26(4)21-19-20-25(2)3/h25-26H,5-24H2,1-4H3. The van der Waals surface area contributed by atoms with Gasteiger partial charge in [-0.3, -0.25) is 9.59 Å². The van der Waals surface area contributed by atoms with Crippen LogP contribution in [0.25, 0.3) is 0 Å². The summed E-state index contributed by atoms with van der Waals surface area (Å²) in [5.74, 6) is 0.0898. The summed E-state index contributed by atoms with van der Waals surface area (Å²) < 4.78 is 10.6. The van der Waals surface area contributed by atoms with Gasteiger partial charge < -0.3 is 9.47 Å². The first-order valence-electron chi connectivity index (χ1n) is 13.8. The van der Waals surface area contributed by atoms with Gasteiger partial charge in [-0.2, -0.15) is 0 Å². The maximum atomic E-state index is 11.8. The minimum atomic E-state index is -0.296. The predicted molar refractivity (Wildman–Crippen MR) is 135 cm³/mol. The van der Waals surface area contributed by atoms with E-state index >= 15 is 0 Å². The molecule has 0 saturated carbocycles. The third-order valence-corrected chi connectivity index (χ3v) is 6.02.